The fourth-order valence-corrected chi connectivity index (χ4v) is 11.0. The maximum atomic E-state index is 12.1. The minimum absolute atomic E-state index is 0.0299. The quantitative estimate of drug-likeness (QED) is 0.0794. The maximum Gasteiger partial charge on any atom is 0.186 e. The van der Waals surface area contributed by atoms with Gasteiger partial charge in [0.2, 0.25) is 0 Å². The van der Waals surface area contributed by atoms with E-state index in [-0.39, 0.29) is 127 Å². The predicted octanol–water partition coefficient (Wildman–Crippen LogP) is 14.5. The van der Waals surface area contributed by atoms with Crippen molar-refractivity contribution in [2.45, 2.75) is 19.6 Å². The zero-order chi connectivity index (χ0) is 48.6. The first-order chi connectivity index (χ1) is 32.4. The normalized spacial score (nSPS) is 14.6. The number of aromatic amines is 2. The van der Waals surface area contributed by atoms with Crippen molar-refractivity contribution in [1.82, 2.24) is 19.9 Å². The molecule has 12 nitrogen and oxygen atoms in total. The first-order valence-electron chi connectivity index (χ1n) is 18.9. The van der Waals surface area contributed by atoms with Gasteiger partial charge in [0.05, 0.1) is 105 Å². The molecule has 68 heavy (non-hydrogen) atoms. The molecule has 5 heterocycles. The van der Waals surface area contributed by atoms with Crippen molar-refractivity contribution >= 4 is 179 Å². The molecule has 0 aliphatic carbocycles. The molecule has 4 unspecified atom stereocenters. The van der Waals surface area contributed by atoms with E-state index in [9.17, 15) is 35.0 Å². The summed E-state index contributed by atoms with van der Waals surface area (Å²) in [7, 11) is 0. The van der Waals surface area contributed by atoms with Crippen LogP contribution in [0.4, 0.5) is 0 Å². The molecule has 346 valence electrons. The second-order valence-electron chi connectivity index (χ2n) is 14.5. The van der Waals surface area contributed by atoms with Gasteiger partial charge in [0.25, 0.3) is 0 Å². The third kappa shape index (κ3) is 8.65. The van der Waals surface area contributed by atoms with Crippen LogP contribution in [0.15, 0.2) is 117 Å². The Labute approximate surface area is 434 Å². The summed E-state index contributed by atoms with van der Waals surface area (Å²) in [6, 6.07) is 23.6. The molecule has 9 rings (SSSR count). The molecule has 6 N–H and O–H groups in total. The Kier molecular flexibility index (Phi) is 14.1. The maximum absolute atomic E-state index is 12.1. The van der Waals surface area contributed by atoms with Gasteiger partial charge in [-0.15, -0.1) is 0 Å². The van der Waals surface area contributed by atoms with E-state index in [0.717, 1.165) is 0 Å². The number of nitrogens with zero attached hydrogens (tertiary/aromatic N) is 2. The summed E-state index contributed by atoms with van der Waals surface area (Å²) in [5.74, 6) is 0. The third-order valence-corrected chi connectivity index (χ3v) is 16.8. The molecular weight excluding hydrogens is 1120 g/mol. The van der Waals surface area contributed by atoms with Crippen LogP contribution in [0.2, 0.25) is 20.1 Å². The zero-order valence-corrected chi connectivity index (χ0v) is 42.5. The summed E-state index contributed by atoms with van der Waals surface area (Å²) < 4.78 is 88.2. The monoisotopic (exact) mass is 1140 g/mol. The Balaban J connectivity index is 1.58. The molecular formula is C44H22Cl8N4O8S4. The summed E-state index contributed by atoms with van der Waals surface area (Å²) in [5.41, 5.74) is 2.79. The van der Waals surface area contributed by atoms with Crippen LogP contribution in [-0.4, -0.2) is 55.0 Å². The van der Waals surface area contributed by atoms with Gasteiger partial charge >= 0.3 is 0 Å². The lowest BCUT2D eigenvalue weighted by Crippen LogP contribution is -1.93. The van der Waals surface area contributed by atoms with Gasteiger partial charge in [-0.1, -0.05) is 141 Å². The molecule has 7 aromatic rings. The molecule has 0 saturated heterocycles. The Hall–Kier alpha value is -3.76. The number of hydrogen-bond donors (Lipinski definition) is 6. The van der Waals surface area contributed by atoms with E-state index in [1.165, 1.54) is 97.1 Å². The Bertz CT molecular complexity index is 3190. The Morgan fingerprint density at radius 2 is 0.500 bits per heavy atom. The number of hydrogen-bond acceptors (Lipinski definition) is 6. The number of H-pyrrole nitrogens is 2. The molecule has 2 aliphatic rings. The highest BCUT2D eigenvalue weighted by Crippen LogP contribution is 2.52. The molecule has 0 spiro atoms. The van der Waals surface area contributed by atoms with Gasteiger partial charge in [0.15, 0.2) is 44.3 Å². The summed E-state index contributed by atoms with van der Waals surface area (Å²) in [5, 5.41) is -0.660. The second-order valence-corrected chi connectivity index (χ2v) is 21.4. The highest BCUT2D eigenvalue weighted by atomic mass is 35.5. The molecule has 4 atom stereocenters. The fourth-order valence-electron chi connectivity index (χ4n) is 7.65. The van der Waals surface area contributed by atoms with Gasteiger partial charge in [-0.2, -0.15) is 0 Å². The van der Waals surface area contributed by atoms with Crippen molar-refractivity contribution in [1.29, 1.82) is 0 Å². The van der Waals surface area contributed by atoms with Gasteiger partial charge in [-0.3, -0.25) is 0 Å². The van der Waals surface area contributed by atoms with Crippen molar-refractivity contribution in [2.75, 3.05) is 0 Å². The van der Waals surface area contributed by atoms with E-state index in [1.54, 1.807) is 0 Å². The number of rotatable bonds is 8. The molecule has 0 radical (unpaired) electrons. The van der Waals surface area contributed by atoms with Gasteiger partial charge in [-0.25, -0.2) is 26.8 Å². The predicted molar refractivity (Wildman–Crippen MR) is 276 cm³/mol. The van der Waals surface area contributed by atoms with Gasteiger partial charge < -0.3 is 28.2 Å². The second kappa shape index (κ2) is 19.4. The van der Waals surface area contributed by atoms with Crippen LogP contribution >= 0.6 is 92.8 Å². The molecule has 8 bridgehead atoms. The van der Waals surface area contributed by atoms with E-state index >= 15 is 0 Å². The summed E-state index contributed by atoms with van der Waals surface area (Å²) in [6.07, 6.45) is 0. The lowest BCUT2D eigenvalue weighted by Gasteiger charge is -2.08. The number of nitrogens with one attached hydrogen (secondary N) is 2. The lowest BCUT2D eigenvalue weighted by molar-refractivity contribution is 0.563. The van der Waals surface area contributed by atoms with Crippen molar-refractivity contribution < 1.29 is 35.0 Å². The van der Waals surface area contributed by atoms with Crippen molar-refractivity contribution in [2.24, 2.45) is 0 Å². The molecule has 24 heteroatoms. The van der Waals surface area contributed by atoms with Gasteiger partial charge in [0.1, 0.15) is 0 Å². The van der Waals surface area contributed by atoms with E-state index in [4.69, 9.17) is 103 Å². The SMILES string of the molecule is O=S(O)c1ccc(-c2c3nc(c(-c4ccc(S(=O)O)cc4)c4[nH]c(c(Cl)c4Cl)c(-c4ccc(S(=O)O)cc4)c4nc(c(-c5ccc(S(=O)O)cc5)c5[nH]c2c(Cl)c5Cl)C(Cl)=C4Cl)C(Cl)=C3Cl)cc1. The topological polar surface area (TPSA) is 207 Å². The zero-order valence-electron chi connectivity index (χ0n) is 33.2. The number of aromatic nitrogens is 4. The van der Waals surface area contributed by atoms with Crippen LogP contribution in [0.25, 0.3) is 86.7 Å². The lowest BCUT2D eigenvalue weighted by atomic mass is 10.0. The van der Waals surface area contributed by atoms with Crippen LogP contribution in [0.1, 0.15) is 22.8 Å². The van der Waals surface area contributed by atoms with E-state index in [2.05, 4.69) is 9.97 Å². The standard InChI is InChI=1S/C44H22Cl8N4O8S4/c45-29-31(47)39-26(18-3-11-22(12-4-18)66(59)60)41-33(49)35(51)43(55-41)28(20-7-15-24(16-8-20)68(63)64)44-36(52)34(50)42(56-44)27(19-5-13-23(14-6-19)67(61)62)40-32(48)30(46)38(54-40)25(37(29)53-39)17-1-9-21(10-2-17)65(57)58/h1-16,53,56H,(H,57,58)(H,59,60)(H,61,62)(H,63,64). The Morgan fingerprint density at radius 1 is 0.324 bits per heavy atom. The van der Waals surface area contributed by atoms with Crippen LogP contribution in [0.3, 0.4) is 0 Å². The van der Waals surface area contributed by atoms with E-state index < -0.39 is 44.3 Å². The molecule has 0 saturated carbocycles. The summed E-state index contributed by atoms with van der Waals surface area (Å²) >= 11 is 48.5. The minimum Gasteiger partial charge on any atom is -0.352 e. The smallest absolute Gasteiger partial charge is 0.186 e. The first-order valence-corrected chi connectivity index (χ1v) is 26.4. The highest BCUT2D eigenvalue weighted by Gasteiger charge is 2.32. The van der Waals surface area contributed by atoms with Crippen LogP contribution in [0.5, 0.6) is 0 Å². The molecule has 4 aromatic carbocycles. The largest absolute Gasteiger partial charge is 0.352 e. The first kappa shape index (κ1) is 49.2. The molecule has 2 aliphatic heterocycles. The highest BCUT2D eigenvalue weighted by molar-refractivity contribution is 7.80. The fraction of sp³-hybridized carbons (Fsp3) is 0. The minimum atomic E-state index is -2.35. The van der Waals surface area contributed by atoms with Crippen molar-refractivity contribution in [3.05, 3.63) is 140 Å². The number of fused-ring (bicyclic) bond motifs is 8. The van der Waals surface area contributed by atoms with Gasteiger partial charge in [0, 0.05) is 22.3 Å². The third-order valence-electron chi connectivity index (χ3n) is 10.8. The average molecular weight is 1150 g/mol. The van der Waals surface area contributed by atoms with E-state index in [1.807, 2.05) is 0 Å². The van der Waals surface area contributed by atoms with E-state index in [0.29, 0.717) is 22.3 Å². The van der Waals surface area contributed by atoms with Crippen LogP contribution < -0.4 is 0 Å². The number of halogens is 8. The van der Waals surface area contributed by atoms with Gasteiger partial charge in [-0.05, 0) is 70.8 Å². The van der Waals surface area contributed by atoms with Crippen molar-refractivity contribution in [3.8, 4) is 44.5 Å². The number of benzene rings is 4. The summed E-state index contributed by atoms with van der Waals surface area (Å²) in [6.45, 7) is 0. The summed E-state index contributed by atoms with van der Waals surface area (Å²) in [4.78, 5) is 17.0. The Morgan fingerprint density at radius 3 is 0.662 bits per heavy atom. The van der Waals surface area contributed by atoms with Crippen LogP contribution in [0, 0.1) is 0 Å². The average Bonchev–Trinajstić information content (AvgIpc) is 3.98. The van der Waals surface area contributed by atoms with Crippen molar-refractivity contribution in [3.63, 3.8) is 0 Å². The van der Waals surface area contributed by atoms with Crippen LogP contribution in [-0.2, 0) is 44.3 Å². The molecule has 0 fully saturated rings. The molecule has 0 amide bonds. The molecule has 3 aromatic heterocycles.